The summed E-state index contributed by atoms with van der Waals surface area (Å²) >= 11 is 6.05. The summed E-state index contributed by atoms with van der Waals surface area (Å²) in [7, 11) is 1.51. The minimum atomic E-state index is -0.722. The maximum Gasteiger partial charge on any atom is 0.303 e. The third kappa shape index (κ3) is 4.42. The number of esters is 2. The number of benzene rings is 1. The number of carbonyl (C=O) groups excluding carboxylic acids is 2. The van der Waals surface area contributed by atoms with E-state index < -0.39 is 24.1 Å². The van der Waals surface area contributed by atoms with E-state index in [-0.39, 0.29) is 0 Å². The molecule has 0 N–H and O–H groups in total. The molecule has 1 rings (SSSR count). The van der Waals surface area contributed by atoms with Crippen LogP contribution in [0.4, 0.5) is 0 Å². The number of halogens is 1. The van der Waals surface area contributed by atoms with Gasteiger partial charge in [0, 0.05) is 13.8 Å². The fourth-order valence-electron chi connectivity index (χ4n) is 1.80. The van der Waals surface area contributed by atoms with Crippen molar-refractivity contribution >= 4 is 23.5 Å². The highest BCUT2D eigenvalue weighted by Crippen LogP contribution is 2.31. The first-order valence-corrected chi connectivity index (χ1v) is 6.40. The summed E-state index contributed by atoms with van der Waals surface area (Å²) in [6.45, 7) is 4.23. The second-order valence-corrected chi connectivity index (χ2v) is 4.65. The van der Waals surface area contributed by atoms with Gasteiger partial charge in [-0.05, 0) is 24.6 Å². The Balaban J connectivity index is 3.06. The Morgan fingerprint density at radius 2 is 1.75 bits per heavy atom. The Morgan fingerprint density at radius 3 is 2.20 bits per heavy atom. The van der Waals surface area contributed by atoms with Gasteiger partial charge in [0.25, 0.3) is 0 Å². The van der Waals surface area contributed by atoms with Crippen molar-refractivity contribution in [2.45, 2.75) is 33.0 Å². The zero-order chi connectivity index (χ0) is 15.3. The predicted octanol–water partition coefficient (Wildman–Crippen LogP) is 2.90. The number of hydrogen-bond donors (Lipinski definition) is 0. The van der Waals surface area contributed by atoms with Crippen molar-refractivity contribution in [2.75, 3.05) is 7.11 Å². The van der Waals surface area contributed by atoms with Gasteiger partial charge in [-0.2, -0.15) is 0 Å². The van der Waals surface area contributed by atoms with Gasteiger partial charge in [0.1, 0.15) is 11.9 Å². The first kappa shape index (κ1) is 16.3. The Hall–Kier alpha value is -1.75. The van der Waals surface area contributed by atoms with E-state index in [9.17, 15) is 9.59 Å². The molecule has 0 spiro atoms. The third-order valence-electron chi connectivity index (χ3n) is 2.58. The van der Waals surface area contributed by atoms with Crippen LogP contribution in [0.2, 0.25) is 5.02 Å². The second kappa shape index (κ2) is 7.14. The van der Waals surface area contributed by atoms with Gasteiger partial charge in [-0.15, -0.1) is 0 Å². The lowest BCUT2D eigenvalue weighted by atomic mass is 10.5. The topological polar surface area (TPSA) is 61.8 Å². The number of ether oxygens (including phenoxy) is 3. The van der Waals surface area contributed by atoms with E-state index in [0.29, 0.717) is 16.3 Å². The molecule has 0 bridgehead atoms. The van der Waals surface area contributed by atoms with Crippen molar-refractivity contribution in [3.8, 4) is 5.75 Å². The number of carbonyl (C=O) groups is 2. The maximum atomic E-state index is 11.2. The van der Waals surface area contributed by atoms with Crippen molar-refractivity contribution in [2.24, 2.45) is 0 Å². The van der Waals surface area contributed by atoms with Crippen LogP contribution in [0.5, 0.6) is 5.75 Å². The molecular weight excluding hydrogens is 291 g/mol. The summed E-state index contributed by atoms with van der Waals surface area (Å²) in [5, 5.41) is 0.386. The smallest absolute Gasteiger partial charge is 0.303 e. The van der Waals surface area contributed by atoms with Gasteiger partial charge in [0.05, 0.1) is 12.1 Å². The van der Waals surface area contributed by atoms with Crippen molar-refractivity contribution in [3.05, 3.63) is 28.8 Å². The zero-order valence-electron chi connectivity index (χ0n) is 11.8. The first-order chi connectivity index (χ1) is 9.35. The molecular formula is C14H17ClO5. The molecule has 0 amide bonds. The molecule has 1 aromatic carbocycles. The van der Waals surface area contributed by atoms with E-state index in [1.165, 1.54) is 21.0 Å². The minimum absolute atomic E-state index is 0.386. The van der Waals surface area contributed by atoms with Gasteiger partial charge in [0.15, 0.2) is 6.10 Å². The van der Waals surface area contributed by atoms with Crippen LogP contribution in [0.15, 0.2) is 18.2 Å². The molecule has 110 valence electrons. The highest BCUT2D eigenvalue weighted by Gasteiger charge is 2.25. The first-order valence-electron chi connectivity index (χ1n) is 6.03. The molecule has 0 saturated carbocycles. The van der Waals surface area contributed by atoms with Crippen LogP contribution in [0.25, 0.3) is 0 Å². The summed E-state index contributed by atoms with van der Waals surface area (Å²) in [5.41, 5.74) is 0.625. The van der Waals surface area contributed by atoms with Crippen LogP contribution >= 0.6 is 11.6 Å². The summed E-state index contributed by atoms with van der Waals surface area (Å²) in [4.78, 5) is 22.2. The lowest BCUT2D eigenvalue weighted by molar-refractivity contribution is -0.164. The number of methoxy groups -OCH3 is 1. The summed E-state index contributed by atoms with van der Waals surface area (Å²) < 4.78 is 15.3. The van der Waals surface area contributed by atoms with E-state index in [4.69, 9.17) is 25.8 Å². The molecule has 0 saturated heterocycles. The Bertz CT molecular complexity index is 500. The fraction of sp³-hybridized carbons (Fsp3) is 0.429. The number of hydrogen-bond acceptors (Lipinski definition) is 5. The molecule has 0 heterocycles. The van der Waals surface area contributed by atoms with Crippen LogP contribution in [-0.4, -0.2) is 25.2 Å². The lowest BCUT2D eigenvalue weighted by Gasteiger charge is -2.24. The fourth-order valence-corrected chi connectivity index (χ4v) is 2.06. The monoisotopic (exact) mass is 307 g/mol. The lowest BCUT2D eigenvalue weighted by Crippen LogP contribution is -2.25. The average molecular weight is 308 g/mol. The van der Waals surface area contributed by atoms with Gasteiger partial charge < -0.3 is 14.2 Å². The van der Waals surface area contributed by atoms with Gasteiger partial charge in [-0.25, -0.2) is 0 Å². The molecule has 0 radical (unpaired) electrons. The maximum absolute atomic E-state index is 11.2. The summed E-state index contributed by atoms with van der Waals surface area (Å²) in [6.07, 6.45) is -1.35. The molecule has 5 nitrogen and oxygen atoms in total. The second-order valence-electron chi connectivity index (χ2n) is 4.24. The van der Waals surface area contributed by atoms with Crippen molar-refractivity contribution in [3.63, 3.8) is 0 Å². The molecule has 0 aliphatic heterocycles. The van der Waals surface area contributed by atoms with Gasteiger partial charge in [0.2, 0.25) is 0 Å². The molecule has 1 aromatic rings. The Labute approximate surface area is 122 Å². The van der Waals surface area contributed by atoms with E-state index in [1.54, 1.807) is 25.1 Å². The van der Waals surface area contributed by atoms with Gasteiger partial charge in [-0.3, -0.25) is 9.59 Å². The quantitative estimate of drug-likeness (QED) is 0.618. The van der Waals surface area contributed by atoms with Crippen LogP contribution < -0.4 is 4.74 Å². The summed E-state index contributed by atoms with van der Waals surface area (Å²) in [6, 6.07) is 4.99. The SMILES string of the molecule is CO[13c]1[13cH][13cH][13c]([13C@H](OC(C)=O)[C@@H](C)OC(C)=O)[13cH][13c]1Cl. The average Bonchev–Trinajstić information content (AvgIpc) is 2.34. The minimum Gasteiger partial charge on any atom is -0.495 e. The molecule has 6 heteroatoms. The van der Waals surface area contributed by atoms with Crippen molar-refractivity contribution in [1.29, 1.82) is 0 Å². The van der Waals surface area contributed by atoms with Crippen LogP contribution in [0.1, 0.15) is 32.4 Å². The van der Waals surface area contributed by atoms with E-state index in [1.807, 2.05) is 0 Å². The van der Waals surface area contributed by atoms with Gasteiger partial charge in [-0.1, -0.05) is 17.7 Å². The Morgan fingerprint density at radius 1 is 1.15 bits per heavy atom. The normalized spacial score (nSPS) is 13.2. The third-order valence-corrected chi connectivity index (χ3v) is 2.87. The van der Waals surface area contributed by atoms with E-state index in [2.05, 4.69) is 0 Å². The van der Waals surface area contributed by atoms with Crippen molar-refractivity contribution < 1.29 is 23.8 Å². The highest BCUT2D eigenvalue weighted by atomic mass is 35.5. The van der Waals surface area contributed by atoms with Crippen LogP contribution in [0.3, 0.4) is 0 Å². The van der Waals surface area contributed by atoms with Crippen LogP contribution in [-0.2, 0) is 19.1 Å². The molecule has 2 atom stereocenters. The van der Waals surface area contributed by atoms with Crippen LogP contribution in [0, 0.1) is 0 Å². The largest absolute Gasteiger partial charge is 0.495 e. The molecule has 0 aliphatic carbocycles. The number of rotatable bonds is 5. The molecule has 0 unspecified atom stereocenters. The standard InChI is InChI=1S/C14H17ClO5/c1-8(19-9(2)16)14(20-10(3)17)11-5-6-13(18-4)12(15)7-11/h5-8,14H,1-4H3/t8-,14-/m1/s1/i5+1,6+1,7+1,11+1,12+1,13+1,14+1. The van der Waals surface area contributed by atoms with Gasteiger partial charge >= 0.3 is 11.9 Å². The van der Waals surface area contributed by atoms with E-state index in [0.717, 1.165) is 0 Å². The molecule has 0 aromatic heterocycles. The van der Waals surface area contributed by atoms with Crippen molar-refractivity contribution in [1.82, 2.24) is 0 Å². The zero-order valence-corrected chi connectivity index (χ0v) is 12.6. The predicted molar refractivity (Wildman–Crippen MR) is 73.7 cm³/mol. The molecule has 20 heavy (non-hydrogen) atoms. The molecule has 0 aliphatic rings. The van der Waals surface area contributed by atoms with E-state index >= 15 is 0 Å². The molecule has 0 fully saturated rings. The summed E-state index contributed by atoms with van der Waals surface area (Å²) in [5.74, 6) is -0.410. The Kier molecular flexibility index (Phi) is 5.82. The highest BCUT2D eigenvalue weighted by molar-refractivity contribution is 6.32.